The average Bonchev–Trinajstić information content (AvgIpc) is 2.63. The van der Waals surface area contributed by atoms with E-state index in [9.17, 15) is 0 Å². The van der Waals surface area contributed by atoms with E-state index in [4.69, 9.17) is 0 Å². The number of nitrogens with zero attached hydrogens (tertiary/aromatic N) is 1. The molecule has 0 spiro atoms. The van der Waals surface area contributed by atoms with Crippen molar-refractivity contribution in [1.29, 1.82) is 0 Å². The lowest BCUT2D eigenvalue weighted by Crippen LogP contribution is -2.20. The third-order valence-electron chi connectivity index (χ3n) is 5.41. The van der Waals surface area contributed by atoms with E-state index in [0.29, 0.717) is 0 Å². The summed E-state index contributed by atoms with van der Waals surface area (Å²) in [6.07, 6.45) is 1.20. The van der Waals surface area contributed by atoms with Crippen molar-refractivity contribution in [1.82, 2.24) is 0 Å². The Bertz CT molecular complexity index is 753. The fourth-order valence-electron chi connectivity index (χ4n) is 4.69. The number of fused-ring (bicyclic) bond motifs is 1. The van der Waals surface area contributed by atoms with Crippen molar-refractivity contribution >= 4 is 11.4 Å². The first kappa shape index (κ1) is 16.1. The molecule has 0 fully saturated rings. The van der Waals surface area contributed by atoms with Crippen LogP contribution in [0.15, 0.2) is 36.4 Å². The minimum absolute atomic E-state index is 0.211. The van der Waals surface area contributed by atoms with Crippen LogP contribution in [0, 0.1) is 13.8 Å². The summed E-state index contributed by atoms with van der Waals surface area (Å²) < 4.78 is 0. The Balaban J connectivity index is 2.17. The summed E-state index contributed by atoms with van der Waals surface area (Å²) in [4.78, 5) is 2.37. The molecular weight excluding hydrogens is 278 g/mol. The number of hydrogen-bond donors (Lipinski definition) is 0. The van der Waals surface area contributed by atoms with Crippen molar-refractivity contribution in [3.8, 4) is 0 Å². The van der Waals surface area contributed by atoms with Gasteiger partial charge in [0.15, 0.2) is 0 Å². The summed E-state index contributed by atoms with van der Waals surface area (Å²) in [6.45, 7) is 13.9. The first-order valence-corrected chi connectivity index (χ1v) is 8.58. The van der Waals surface area contributed by atoms with Crippen LogP contribution in [0.4, 0.5) is 11.4 Å². The van der Waals surface area contributed by atoms with Crippen LogP contribution in [-0.2, 0) is 10.8 Å². The number of aryl methyl sites for hydroxylation is 2. The van der Waals surface area contributed by atoms with Crippen molar-refractivity contribution < 1.29 is 0 Å². The molecule has 0 unspecified atom stereocenters. The summed E-state index contributed by atoms with van der Waals surface area (Å²) in [7, 11) is 2.20. The lowest BCUT2D eigenvalue weighted by atomic mass is 9.81. The molecule has 23 heavy (non-hydrogen) atoms. The van der Waals surface area contributed by atoms with Crippen molar-refractivity contribution in [2.24, 2.45) is 0 Å². The first-order chi connectivity index (χ1) is 10.6. The molecule has 0 aliphatic heterocycles. The predicted octanol–water partition coefficient (Wildman–Crippen LogP) is 6.03. The Labute approximate surface area is 141 Å². The van der Waals surface area contributed by atoms with E-state index in [1.54, 1.807) is 0 Å². The molecular formula is C22H29N. The van der Waals surface area contributed by atoms with Gasteiger partial charge in [0.05, 0.1) is 0 Å². The van der Waals surface area contributed by atoms with E-state index in [0.717, 1.165) is 0 Å². The monoisotopic (exact) mass is 307 g/mol. The van der Waals surface area contributed by atoms with Crippen molar-refractivity contribution in [2.75, 3.05) is 11.9 Å². The number of hydrogen-bond acceptors (Lipinski definition) is 1. The summed E-state index contributed by atoms with van der Waals surface area (Å²) >= 11 is 0. The van der Waals surface area contributed by atoms with Gasteiger partial charge < -0.3 is 4.90 Å². The first-order valence-electron chi connectivity index (χ1n) is 8.58. The second-order valence-corrected chi connectivity index (χ2v) is 8.49. The van der Waals surface area contributed by atoms with Crippen molar-refractivity contribution in [3.05, 3.63) is 58.7 Å². The Hall–Kier alpha value is -1.76. The third-order valence-corrected chi connectivity index (χ3v) is 5.41. The highest BCUT2D eigenvalue weighted by atomic mass is 15.1. The summed E-state index contributed by atoms with van der Waals surface area (Å²) in [5.41, 5.74) is 8.79. The quantitative estimate of drug-likeness (QED) is 0.654. The van der Waals surface area contributed by atoms with E-state index < -0.39 is 0 Å². The molecule has 3 rings (SSSR count). The van der Waals surface area contributed by atoms with Gasteiger partial charge in [-0.2, -0.15) is 0 Å². The zero-order valence-electron chi connectivity index (χ0n) is 15.6. The van der Waals surface area contributed by atoms with E-state index >= 15 is 0 Å². The Kier molecular flexibility index (Phi) is 3.59. The smallest absolute Gasteiger partial charge is 0.0449 e. The fourth-order valence-corrected chi connectivity index (χ4v) is 4.69. The molecule has 122 valence electrons. The highest BCUT2D eigenvalue weighted by molar-refractivity contribution is 5.72. The molecule has 0 saturated carbocycles. The highest BCUT2D eigenvalue weighted by Gasteiger charge is 2.43. The Morgan fingerprint density at radius 1 is 0.870 bits per heavy atom. The summed E-state index contributed by atoms with van der Waals surface area (Å²) in [5, 5.41) is 0. The molecule has 2 aromatic rings. The SMILES string of the molecule is Cc1ccc(N(C)c2cccc3c2C(C)(C)CC3(C)C)c(C)c1. The van der Waals surface area contributed by atoms with Crippen LogP contribution in [0.3, 0.4) is 0 Å². The molecule has 2 aromatic carbocycles. The van der Waals surface area contributed by atoms with Gasteiger partial charge in [0, 0.05) is 18.4 Å². The maximum absolute atomic E-state index is 2.39. The third kappa shape index (κ3) is 2.56. The molecule has 1 heteroatoms. The second-order valence-electron chi connectivity index (χ2n) is 8.49. The molecule has 0 amide bonds. The Morgan fingerprint density at radius 2 is 1.57 bits per heavy atom. The molecule has 1 nitrogen and oxygen atoms in total. The van der Waals surface area contributed by atoms with Crippen LogP contribution >= 0.6 is 0 Å². The molecule has 0 radical (unpaired) electrons. The van der Waals surface area contributed by atoms with Gasteiger partial charge in [-0.3, -0.25) is 0 Å². The predicted molar refractivity (Wildman–Crippen MR) is 101 cm³/mol. The average molecular weight is 307 g/mol. The van der Waals surface area contributed by atoms with Crippen LogP contribution in [0.25, 0.3) is 0 Å². The molecule has 0 atom stereocenters. The van der Waals surface area contributed by atoms with Crippen LogP contribution in [0.5, 0.6) is 0 Å². The lowest BCUT2D eigenvalue weighted by Gasteiger charge is -2.29. The van der Waals surface area contributed by atoms with Crippen molar-refractivity contribution in [3.63, 3.8) is 0 Å². The highest BCUT2D eigenvalue weighted by Crippen LogP contribution is 2.53. The largest absolute Gasteiger partial charge is 0.344 e. The maximum Gasteiger partial charge on any atom is 0.0449 e. The van der Waals surface area contributed by atoms with Gasteiger partial charge in [0.1, 0.15) is 0 Å². The van der Waals surface area contributed by atoms with Crippen LogP contribution in [0.2, 0.25) is 0 Å². The van der Waals surface area contributed by atoms with Crippen LogP contribution in [-0.4, -0.2) is 7.05 Å². The molecule has 1 aliphatic rings. The van der Waals surface area contributed by atoms with E-state index in [-0.39, 0.29) is 10.8 Å². The van der Waals surface area contributed by atoms with Crippen LogP contribution in [0.1, 0.15) is 56.4 Å². The van der Waals surface area contributed by atoms with Gasteiger partial charge in [0.25, 0.3) is 0 Å². The minimum atomic E-state index is 0.211. The van der Waals surface area contributed by atoms with E-state index in [2.05, 4.69) is 89.9 Å². The Morgan fingerprint density at radius 3 is 2.22 bits per heavy atom. The number of anilines is 2. The van der Waals surface area contributed by atoms with Crippen molar-refractivity contribution in [2.45, 2.75) is 58.8 Å². The molecule has 0 heterocycles. The van der Waals surface area contributed by atoms with E-state index in [1.165, 1.54) is 40.0 Å². The molecule has 0 saturated heterocycles. The second kappa shape index (κ2) is 5.12. The normalized spacial score (nSPS) is 17.9. The van der Waals surface area contributed by atoms with Gasteiger partial charge >= 0.3 is 0 Å². The van der Waals surface area contributed by atoms with Gasteiger partial charge in [-0.15, -0.1) is 0 Å². The molecule has 0 bridgehead atoms. The maximum atomic E-state index is 2.39. The standard InChI is InChI=1S/C22H29N/c1-15-11-12-18(16(2)13-15)23(7)19-10-8-9-17-20(19)22(5,6)14-21(17,3)4/h8-13H,14H2,1-7H3. The molecule has 1 aliphatic carbocycles. The topological polar surface area (TPSA) is 3.24 Å². The number of rotatable bonds is 2. The van der Waals surface area contributed by atoms with Gasteiger partial charge in [-0.25, -0.2) is 0 Å². The van der Waals surface area contributed by atoms with E-state index in [1.807, 2.05) is 0 Å². The van der Waals surface area contributed by atoms with Crippen LogP contribution < -0.4 is 4.90 Å². The zero-order valence-corrected chi connectivity index (χ0v) is 15.6. The molecule has 0 aromatic heterocycles. The van der Waals surface area contributed by atoms with Gasteiger partial charge in [-0.1, -0.05) is 57.5 Å². The fraction of sp³-hybridized carbons (Fsp3) is 0.455. The summed E-state index contributed by atoms with van der Waals surface area (Å²) in [6, 6.07) is 13.5. The summed E-state index contributed by atoms with van der Waals surface area (Å²) in [5.74, 6) is 0. The van der Waals surface area contributed by atoms with Gasteiger partial charge in [-0.05, 0) is 59.9 Å². The minimum Gasteiger partial charge on any atom is -0.344 e. The lowest BCUT2D eigenvalue weighted by molar-refractivity contribution is 0.403. The zero-order chi connectivity index (χ0) is 17.0. The number of benzene rings is 2. The molecule has 0 N–H and O–H groups in total. The van der Waals surface area contributed by atoms with Gasteiger partial charge in [0.2, 0.25) is 0 Å².